The summed E-state index contributed by atoms with van der Waals surface area (Å²) >= 11 is 1.34. The normalized spacial score (nSPS) is 20.3. The Balaban J connectivity index is 1.91. The first-order chi connectivity index (χ1) is 7.65. The van der Waals surface area contributed by atoms with Gasteiger partial charge < -0.3 is 10.6 Å². The van der Waals surface area contributed by atoms with Crippen molar-refractivity contribution in [2.75, 3.05) is 11.9 Å². The van der Waals surface area contributed by atoms with Gasteiger partial charge in [0.05, 0.1) is 5.92 Å². The smallest absolute Gasteiger partial charge is 0.231 e. The van der Waals surface area contributed by atoms with Crippen LogP contribution < -0.4 is 10.6 Å². The standard InChI is InChI=1S/C9H12N4O2S/c1-5-12-13-9(16-5)11-8(15)6-2-3-7(14)10-4-6/h6H,2-4H2,1H3,(H,10,14)(H,11,13,15)/t6-/m0/s1. The molecule has 2 rings (SSSR count). The van der Waals surface area contributed by atoms with E-state index in [1.165, 1.54) is 11.3 Å². The predicted molar refractivity (Wildman–Crippen MR) is 59.0 cm³/mol. The van der Waals surface area contributed by atoms with Crippen molar-refractivity contribution < 1.29 is 9.59 Å². The number of carbonyl (C=O) groups is 2. The largest absolute Gasteiger partial charge is 0.355 e. The third-order valence-corrected chi connectivity index (χ3v) is 3.15. The second-order valence-electron chi connectivity index (χ2n) is 3.66. The van der Waals surface area contributed by atoms with Crippen molar-refractivity contribution in [1.82, 2.24) is 15.5 Å². The average Bonchev–Trinajstić information content (AvgIpc) is 2.65. The molecule has 1 aliphatic heterocycles. The van der Waals surface area contributed by atoms with Crippen LogP contribution in [-0.4, -0.2) is 28.6 Å². The van der Waals surface area contributed by atoms with E-state index in [1.54, 1.807) is 0 Å². The molecule has 1 saturated heterocycles. The van der Waals surface area contributed by atoms with Gasteiger partial charge in [-0.15, -0.1) is 10.2 Å². The van der Waals surface area contributed by atoms with Crippen LogP contribution in [0.4, 0.5) is 5.13 Å². The molecule has 0 bridgehead atoms. The molecular weight excluding hydrogens is 228 g/mol. The first kappa shape index (κ1) is 11.0. The van der Waals surface area contributed by atoms with Gasteiger partial charge in [-0.2, -0.15) is 0 Å². The van der Waals surface area contributed by atoms with Gasteiger partial charge in [-0.05, 0) is 13.3 Å². The minimum Gasteiger partial charge on any atom is -0.355 e. The highest BCUT2D eigenvalue weighted by Gasteiger charge is 2.24. The molecule has 0 saturated carbocycles. The van der Waals surface area contributed by atoms with E-state index < -0.39 is 0 Å². The molecule has 0 aromatic carbocycles. The number of amides is 2. The minimum absolute atomic E-state index is 0.0100. The molecule has 1 aromatic rings. The lowest BCUT2D eigenvalue weighted by molar-refractivity contribution is -0.126. The number of rotatable bonds is 2. The number of aryl methyl sites for hydroxylation is 1. The Morgan fingerprint density at radius 2 is 2.38 bits per heavy atom. The maximum atomic E-state index is 11.8. The zero-order valence-electron chi connectivity index (χ0n) is 8.82. The molecule has 7 heteroatoms. The summed E-state index contributed by atoms with van der Waals surface area (Å²) < 4.78 is 0. The monoisotopic (exact) mass is 240 g/mol. The van der Waals surface area contributed by atoms with Gasteiger partial charge in [0, 0.05) is 13.0 Å². The summed E-state index contributed by atoms with van der Waals surface area (Å²) in [7, 11) is 0. The van der Waals surface area contributed by atoms with Gasteiger partial charge in [0.1, 0.15) is 5.01 Å². The van der Waals surface area contributed by atoms with Crippen LogP contribution in [0.1, 0.15) is 17.8 Å². The van der Waals surface area contributed by atoms with Crippen molar-refractivity contribution in [1.29, 1.82) is 0 Å². The van der Waals surface area contributed by atoms with Crippen LogP contribution in [-0.2, 0) is 9.59 Å². The van der Waals surface area contributed by atoms with Gasteiger partial charge in [-0.25, -0.2) is 0 Å². The molecular formula is C9H12N4O2S. The van der Waals surface area contributed by atoms with Gasteiger partial charge in [0.25, 0.3) is 0 Å². The van der Waals surface area contributed by atoms with Crippen LogP contribution >= 0.6 is 11.3 Å². The summed E-state index contributed by atoms with van der Waals surface area (Å²) in [6, 6.07) is 0. The summed E-state index contributed by atoms with van der Waals surface area (Å²) in [4.78, 5) is 22.7. The molecule has 1 fully saturated rings. The Morgan fingerprint density at radius 1 is 1.56 bits per heavy atom. The fourth-order valence-electron chi connectivity index (χ4n) is 1.51. The Bertz CT molecular complexity index is 407. The molecule has 1 aromatic heterocycles. The number of aromatic nitrogens is 2. The predicted octanol–water partition coefficient (Wildman–Crippen LogP) is 0.311. The first-order valence-electron chi connectivity index (χ1n) is 5.03. The number of nitrogens with one attached hydrogen (secondary N) is 2. The molecule has 1 aliphatic rings. The summed E-state index contributed by atoms with van der Waals surface area (Å²) in [5, 5.41) is 14.3. The highest BCUT2D eigenvalue weighted by atomic mass is 32.1. The molecule has 0 radical (unpaired) electrons. The van der Waals surface area contributed by atoms with Gasteiger partial charge in [0.2, 0.25) is 16.9 Å². The minimum atomic E-state index is -0.165. The lowest BCUT2D eigenvalue weighted by Crippen LogP contribution is -2.40. The number of nitrogens with zero attached hydrogens (tertiary/aromatic N) is 2. The molecule has 2 N–H and O–H groups in total. The number of anilines is 1. The van der Waals surface area contributed by atoms with Crippen molar-refractivity contribution in [2.45, 2.75) is 19.8 Å². The van der Waals surface area contributed by atoms with Crippen LogP contribution in [0, 0.1) is 12.8 Å². The topological polar surface area (TPSA) is 84.0 Å². The molecule has 16 heavy (non-hydrogen) atoms. The maximum absolute atomic E-state index is 11.8. The number of hydrogen-bond donors (Lipinski definition) is 2. The van der Waals surface area contributed by atoms with Crippen molar-refractivity contribution in [3.63, 3.8) is 0 Å². The van der Waals surface area contributed by atoms with Gasteiger partial charge >= 0.3 is 0 Å². The lowest BCUT2D eigenvalue weighted by Gasteiger charge is -2.20. The Morgan fingerprint density at radius 3 is 2.94 bits per heavy atom. The van der Waals surface area contributed by atoms with Crippen LogP contribution in [0.3, 0.4) is 0 Å². The number of hydrogen-bond acceptors (Lipinski definition) is 5. The second kappa shape index (κ2) is 4.56. The van der Waals surface area contributed by atoms with Crippen LogP contribution in [0.25, 0.3) is 0 Å². The van der Waals surface area contributed by atoms with E-state index >= 15 is 0 Å². The van der Waals surface area contributed by atoms with E-state index in [9.17, 15) is 9.59 Å². The molecule has 1 atom stereocenters. The summed E-state index contributed by atoms with van der Waals surface area (Å²) in [6.45, 7) is 2.23. The fourth-order valence-corrected chi connectivity index (χ4v) is 2.11. The fraction of sp³-hybridized carbons (Fsp3) is 0.556. The van der Waals surface area contributed by atoms with E-state index in [2.05, 4.69) is 20.8 Å². The SMILES string of the molecule is Cc1nnc(NC(=O)[C@H]2CCC(=O)NC2)s1. The van der Waals surface area contributed by atoms with E-state index in [-0.39, 0.29) is 17.7 Å². The van der Waals surface area contributed by atoms with Crippen molar-refractivity contribution in [2.24, 2.45) is 5.92 Å². The summed E-state index contributed by atoms with van der Waals surface area (Å²) in [5.74, 6) is -0.256. The summed E-state index contributed by atoms with van der Waals surface area (Å²) in [5.41, 5.74) is 0. The maximum Gasteiger partial charge on any atom is 0.231 e. The lowest BCUT2D eigenvalue weighted by atomic mass is 9.98. The molecule has 0 unspecified atom stereocenters. The Labute approximate surface area is 96.5 Å². The van der Waals surface area contributed by atoms with E-state index in [1.807, 2.05) is 6.92 Å². The highest BCUT2D eigenvalue weighted by Crippen LogP contribution is 2.17. The first-order valence-corrected chi connectivity index (χ1v) is 5.84. The van der Waals surface area contributed by atoms with Gasteiger partial charge in [-0.1, -0.05) is 11.3 Å². The number of piperidine rings is 1. The third-order valence-electron chi connectivity index (χ3n) is 2.39. The molecule has 0 spiro atoms. The van der Waals surface area contributed by atoms with Gasteiger partial charge in [-0.3, -0.25) is 9.59 Å². The second-order valence-corrected chi connectivity index (χ2v) is 4.84. The quantitative estimate of drug-likeness (QED) is 0.779. The van der Waals surface area contributed by atoms with Crippen molar-refractivity contribution >= 4 is 28.3 Å². The molecule has 6 nitrogen and oxygen atoms in total. The Hall–Kier alpha value is -1.50. The van der Waals surface area contributed by atoms with Crippen LogP contribution in [0.15, 0.2) is 0 Å². The van der Waals surface area contributed by atoms with E-state index in [4.69, 9.17) is 0 Å². The summed E-state index contributed by atoms with van der Waals surface area (Å²) in [6.07, 6.45) is 1.00. The van der Waals surface area contributed by atoms with Crippen molar-refractivity contribution in [3.8, 4) is 0 Å². The Kier molecular flexibility index (Phi) is 3.14. The van der Waals surface area contributed by atoms with E-state index in [0.717, 1.165) is 5.01 Å². The molecule has 2 heterocycles. The van der Waals surface area contributed by atoms with Crippen molar-refractivity contribution in [3.05, 3.63) is 5.01 Å². The van der Waals surface area contributed by atoms with Crippen LogP contribution in [0.2, 0.25) is 0 Å². The average molecular weight is 240 g/mol. The van der Waals surface area contributed by atoms with Gasteiger partial charge in [0.15, 0.2) is 0 Å². The third kappa shape index (κ3) is 2.54. The molecule has 86 valence electrons. The van der Waals surface area contributed by atoms with E-state index in [0.29, 0.717) is 24.5 Å². The van der Waals surface area contributed by atoms with Crippen LogP contribution in [0.5, 0.6) is 0 Å². The molecule has 0 aliphatic carbocycles. The molecule has 2 amide bonds. The zero-order valence-corrected chi connectivity index (χ0v) is 9.63. The number of carbonyl (C=O) groups excluding carboxylic acids is 2. The highest BCUT2D eigenvalue weighted by molar-refractivity contribution is 7.15. The zero-order chi connectivity index (χ0) is 11.5.